The van der Waals surface area contributed by atoms with Crippen LogP contribution in [0.15, 0.2) is 22.9 Å². The average Bonchev–Trinajstić information content (AvgIpc) is 3.14. The van der Waals surface area contributed by atoms with Crippen LogP contribution in [-0.2, 0) is 13.0 Å². The second-order valence-electron chi connectivity index (χ2n) is 4.56. The number of aryl methyl sites for hydroxylation is 1. The number of nitrogens with zero attached hydrogens (tertiary/aromatic N) is 3. The predicted octanol–water partition coefficient (Wildman–Crippen LogP) is 3.29. The Bertz CT molecular complexity index is 722. The molecule has 21 heavy (non-hydrogen) atoms. The summed E-state index contributed by atoms with van der Waals surface area (Å²) in [4.78, 5) is 11.4. The van der Waals surface area contributed by atoms with E-state index in [-0.39, 0.29) is 0 Å². The molecule has 0 saturated carbocycles. The van der Waals surface area contributed by atoms with Crippen molar-refractivity contribution >= 4 is 33.3 Å². The Kier molecular flexibility index (Phi) is 4.01. The molecule has 3 rings (SSSR count). The van der Waals surface area contributed by atoms with Crippen molar-refractivity contribution in [2.45, 2.75) is 26.8 Å². The molecular weight excluding hydrogens is 286 g/mol. The lowest BCUT2D eigenvalue weighted by Gasteiger charge is -2.07. The highest BCUT2D eigenvalue weighted by Gasteiger charge is 2.11. The van der Waals surface area contributed by atoms with Gasteiger partial charge < -0.3 is 15.2 Å². The lowest BCUT2D eigenvalue weighted by molar-refractivity contribution is 0.412. The zero-order chi connectivity index (χ0) is 14.7. The summed E-state index contributed by atoms with van der Waals surface area (Å²) < 4.78 is 4.84. The van der Waals surface area contributed by atoms with Gasteiger partial charge in [-0.25, -0.2) is 4.98 Å². The van der Waals surface area contributed by atoms with E-state index >= 15 is 0 Å². The molecule has 2 N–H and O–H groups in total. The van der Waals surface area contributed by atoms with Crippen LogP contribution in [0.1, 0.15) is 24.4 Å². The molecule has 0 saturated heterocycles. The molecule has 0 aliphatic carbocycles. The summed E-state index contributed by atoms with van der Waals surface area (Å²) in [5.74, 6) is 1.48. The van der Waals surface area contributed by atoms with Gasteiger partial charge in [0.05, 0.1) is 11.9 Å². The highest BCUT2D eigenvalue weighted by Crippen LogP contribution is 2.30. The van der Waals surface area contributed by atoms with Crippen molar-refractivity contribution in [1.82, 2.24) is 15.1 Å². The van der Waals surface area contributed by atoms with Gasteiger partial charge in [-0.3, -0.25) is 0 Å². The molecule has 0 atom stereocenters. The molecule has 0 bridgehead atoms. The van der Waals surface area contributed by atoms with E-state index in [1.54, 1.807) is 17.6 Å². The molecule has 6 nitrogen and oxygen atoms in total. The van der Waals surface area contributed by atoms with E-state index in [0.717, 1.165) is 34.7 Å². The molecule has 0 spiro atoms. The lowest BCUT2D eigenvalue weighted by Crippen LogP contribution is -2.07. The number of hydrogen-bond acceptors (Lipinski definition) is 7. The fourth-order valence-electron chi connectivity index (χ4n) is 2.02. The van der Waals surface area contributed by atoms with Crippen molar-refractivity contribution in [3.8, 4) is 0 Å². The normalized spacial score (nSPS) is 11.0. The molecule has 0 aliphatic rings. The first kappa shape index (κ1) is 13.8. The third-order valence-electron chi connectivity index (χ3n) is 3.06. The Balaban J connectivity index is 1.94. The van der Waals surface area contributed by atoms with Crippen LogP contribution in [0.3, 0.4) is 0 Å². The van der Waals surface area contributed by atoms with Gasteiger partial charge in [-0.2, -0.15) is 4.98 Å². The van der Waals surface area contributed by atoms with Crippen LogP contribution in [0.4, 0.5) is 11.8 Å². The number of hydrogen-bond donors (Lipinski definition) is 2. The maximum atomic E-state index is 4.84. The van der Waals surface area contributed by atoms with Gasteiger partial charge in [0.15, 0.2) is 0 Å². The van der Waals surface area contributed by atoms with Crippen LogP contribution in [0.5, 0.6) is 0 Å². The van der Waals surface area contributed by atoms with Gasteiger partial charge in [0.25, 0.3) is 0 Å². The van der Waals surface area contributed by atoms with E-state index in [0.29, 0.717) is 12.5 Å². The van der Waals surface area contributed by atoms with Crippen molar-refractivity contribution in [3.05, 3.63) is 29.0 Å². The zero-order valence-corrected chi connectivity index (χ0v) is 12.8. The summed E-state index contributed by atoms with van der Waals surface area (Å²) in [7, 11) is 0. The minimum Gasteiger partial charge on any atom is -0.364 e. The van der Waals surface area contributed by atoms with Crippen molar-refractivity contribution in [3.63, 3.8) is 0 Å². The number of rotatable bonds is 6. The maximum absolute atomic E-state index is 4.84. The van der Waals surface area contributed by atoms with Crippen molar-refractivity contribution < 1.29 is 4.52 Å². The smallest absolute Gasteiger partial charge is 0.226 e. The first-order valence-corrected chi connectivity index (χ1v) is 7.79. The van der Waals surface area contributed by atoms with E-state index in [4.69, 9.17) is 4.52 Å². The molecule has 7 heteroatoms. The second-order valence-corrected chi connectivity index (χ2v) is 5.67. The fourth-order valence-corrected chi connectivity index (χ4v) is 2.99. The van der Waals surface area contributed by atoms with Crippen molar-refractivity contribution in [2.75, 3.05) is 17.2 Å². The molecule has 3 aromatic heterocycles. The van der Waals surface area contributed by atoms with E-state index in [1.165, 1.54) is 4.88 Å². The van der Waals surface area contributed by atoms with Crippen LogP contribution < -0.4 is 10.6 Å². The summed E-state index contributed by atoms with van der Waals surface area (Å²) >= 11 is 1.71. The van der Waals surface area contributed by atoms with Gasteiger partial charge in [0, 0.05) is 17.5 Å². The Hall–Kier alpha value is -2.15. The molecule has 3 aromatic rings. The quantitative estimate of drug-likeness (QED) is 0.728. The number of fused-ring (bicyclic) bond motifs is 1. The van der Waals surface area contributed by atoms with Gasteiger partial charge in [-0.1, -0.05) is 12.1 Å². The Morgan fingerprint density at radius 3 is 2.86 bits per heavy atom. The van der Waals surface area contributed by atoms with Crippen LogP contribution in [0.2, 0.25) is 0 Å². The number of nitrogens with one attached hydrogen (secondary N) is 2. The monoisotopic (exact) mass is 303 g/mol. The number of anilines is 2. The van der Waals surface area contributed by atoms with E-state index in [9.17, 15) is 0 Å². The Morgan fingerprint density at radius 1 is 1.24 bits per heavy atom. The molecule has 0 aromatic carbocycles. The molecule has 3 heterocycles. The third kappa shape index (κ3) is 2.97. The molecule has 0 amide bonds. The maximum Gasteiger partial charge on any atom is 0.226 e. The summed E-state index contributed by atoms with van der Waals surface area (Å²) in [5.41, 5.74) is 0.845. The van der Waals surface area contributed by atoms with E-state index in [2.05, 4.69) is 38.7 Å². The van der Waals surface area contributed by atoms with Gasteiger partial charge in [-0.05, 0) is 19.4 Å². The van der Waals surface area contributed by atoms with Crippen molar-refractivity contribution in [2.24, 2.45) is 0 Å². The molecule has 0 fully saturated rings. The topological polar surface area (TPSA) is 75.9 Å². The first-order chi connectivity index (χ1) is 10.3. The van der Waals surface area contributed by atoms with Gasteiger partial charge in [0.2, 0.25) is 5.95 Å². The van der Waals surface area contributed by atoms with Crippen LogP contribution in [-0.4, -0.2) is 21.7 Å². The van der Waals surface area contributed by atoms with Crippen molar-refractivity contribution in [1.29, 1.82) is 0 Å². The van der Waals surface area contributed by atoms with Gasteiger partial charge in [0.1, 0.15) is 22.6 Å². The minimum absolute atomic E-state index is 0.575. The highest BCUT2D eigenvalue weighted by molar-refractivity contribution is 7.18. The molecule has 0 radical (unpaired) electrons. The van der Waals surface area contributed by atoms with E-state index in [1.807, 2.05) is 13.0 Å². The van der Waals surface area contributed by atoms with Gasteiger partial charge >= 0.3 is 0 Å². The third-order valence-corrected chi connectivity index (χ3v) is 4.23. The molecular formula is C14H17N5OS. The molecule has 0 aliphatic heterocycles. The first-order valence-electron chi connectivity index (χ1n) is 6.97. The Labute approximate surface area is 126 Å². The SMILES string of the molecule is CCNc1nc(NCc2ccon2)c2cc(CC)sc2n1. The van der Waals surface area contributed by atoms with E-state index < -0.39 is 0 Å². The average molecular weight is 303 g/mol. The number of thiophene rings is 1. The zero-order valence-electron chi connectivity index (χ0n) is 12.0. The second kappa shape index (κ2) is 6.09. The molecule has 0 unspecified atom stereocenters. The van der Waals surface area contributed by atoms with Gasteiger partial charge in [-0.15, -0.1) is 11.3 Å². The lowest BCUT2D eigenvalue weighted by atomic mass is 10.3. The summed E-state index contributed by atoms with van der Waals surface area (Å²) in [5, 5.41) is 11.4. The van der Waals surface area contributed by atoms with Crippen LogP contribution in [0.25, 0.3) is 10.2 Å². The standard InChI is InChI=1S/C14H17N5OS/c1-3-10-7-11-12(16-8-9-5-6-20-19-9)17-14(15-4-2)18-13(11)21-10/h5-7H,3-4,8H2,1-2H3,(H2,15,16,17,18). The predicted molar refractivity (Wildman–Crippen MR) is 84.8 cm³/mol. The number of aromatic nitrogens is 3. The summed E-state index contributed by atoms with van der Waals surface area (Å²) in [6, 6.07) is 3.99. The summed E-state index contributed by atoms with van der Waals surface area (Å²) in [6.45, 7) is 5.54. The minimum atomic E-state index is 0.575. The largest absolute Gasteiger partial charge is 0.364 e. The van der Waals surface area contributed by atoms with Crippen LogP contribution in [0, 0.1) is 0 Å². The highest BCUT2D eigenvalue weighted by atomic mass is 32.1. The molecule has 110 valence electrons. The summed E-state index contributed by atoms with van der Waals surface area (Å²) in [6.07, 6.45) is 2.57. The Morgan fingerprint density at radius 2 is 2.14 bits per heavy atom. The van der Waals surface area contributed by atoms with Crippen LogP contribution >= 0.6 is 11.3 Å². The fraction of sp³-hybridized carbons (Fsp3) is 0.357.